The van der Waals surface area contributed by atoms with Crippen molar-refractivity contribution in [3.63, 3.8) is 0 Å². The largest absolute Gasteiger partial charge is 0.372 e. The van der Waals surface area contributed by atoms with Gasteiger partial charge in [0, 0.05) is 31.0 Å². The number of rotatable bonds is 6. The average Bonchev–Trinajstić information content (AvgIpc) is 2.75. The minimum Gasteiger partial charge on any atom is -0.372 e. The quantitative estimate of drug-likeness (QED) is 0.755. The molecule has 1 fully saturated rings. The van der Waals surface area contributed by atoms with Crippen molar-refractivity contribution < 1.29 is 9.59 Å². The number of carbonyl (C=O) groups is 2. The van der Waals surface area contributed by atoms with Crippen LogP contribution in [-0.4, -0.2) is 31.4 Å². The molecule has 1 aliphatic heterocycles. The van der Waals surface area contributed by atoms with E-state index in [0.717, 1.165) is 30.6 Å². The lowest BCUT2D eigenvalue weighted by atomic mass is 10.1. The van der Waals surface area contributed by atoms with Crippen molar-refractivity contribution in [1.82, 2.24) is 5.32 Å². The number of hydrogen-bond donors (Lipinski definition) is 2. The molecule has 1 saturated heterocycles. The molecule has 0 atom stereocenters. The molecule has 2 aromatic rings. The monoisotopic (exact) mass is 379 g/mol. The average molecular weight is 380 g/mol. The Balaban J connectivity index is 1.45. The molecule has 2 amide bonds. The van der Waals surface area contributed by atoms with E-state index in [2.05, 4.69) is 39.8 Å². The SMILES string of the molecule is CCc1ccccc1NC(=O)C(=O)NCCc1ccc(N2CCCCC2)cc1. The van der Waals surface area contributed by atoms with Crippen molar-refractivity contribution in [1.29, 1.82) is 0 Å². The van der Waals surface area contributed by atoms with Crippen LogP contribution in [0.25, 0.3) is 0 Å². The second-order valence-corrected chi connectivity index (χ2v) is 7.18. The van der Waals surface area contributed by atoms with Gasteiger partial charge in [-0.3, -0.25) is 9.59 Å². The number of aryl methyl sites for hydroxylation is 1. The highest BCUT2D eigenvalue weighted by Gasteiger charge is 2.14. The predicted octanol–water partition coefficient (Wildman–Crippen LogP) is 3.54. The minimum absolute atomic E-state index is 0.435. The van der Waals surface area contributed by atoms with Crippen LogP contribution >= 0.6 is 0 Å². The highest BCUT2D eigenvalue weighted by atomic mass is 16.2. The summed E-state index contributed by atoms with van der Waals surface area (Å²) in [6.45, 7) is 4.71. The van der Waals surface area contributed by atoms with Gasteiger partial charge in [0.2, 0.25) is 0 Å². The normalized spacial score (nSPS) is 13.8. The topological polar surface area (TPSA) is 61.4 Å². The highest BCUT2D eigenvalue weighted by Crippen LogP contribution is 2.20. The summed E-state index contributed by atoms with van der Waals surface area (Å²) in [5.74, 6) is -1.22. The number of carbonyl (C=O) groups excluding carboxylic acids is 2. The van der Waals surface area contributed by atoms with Gasteiger partial charge in [-0.1, -0.05) is 37.3 Å². The van der Waals surface area contributed by atoms with Crippen LogP contribution in [0.3, 0.4) is 0 Å². The van der Waals surface area contributed by atoms with Crippen molar-refractivity contribution in [2.24, 2.45) is 0 Å². The van der Waals surface area contributed by atoms with Crippen LogP contribution in [0, 0.1) is 0 Å². The fraction of sp³-hybridized carbons (Fsp3) is 0.391. The molecule has 5 nitrogen and oxygen atoms in total. The van der Waals surface area contributed by atoms with Gasteiger partial charge in [-0.2, -0.15) is 0 Å². The van der Waals surface area contributed by atoms with Gasteiger partial charge >= 0.3 is 11.8 Å². The van der Waals surface area contributed by atoms with Crippen LogP contribution in [0.4, 0.5) is 11.4 Å². The number of para-hydroxylation sites is 1. The third-order valence-electron chi connectivity index (χ3n) is 5.21. The maximum Gasteiger partial charge on any atom is 0.313 e. The second-order valence-electron chi connectivity index (χ2n) is 7.18. The number of hydrogen-bond acceptors (Lipinski definition) is 3. The number of piperidine rings is 1. The van der Waals surface area contributed by atoms with Crippen molar-refractivity contribution in [3.05, 3.63) is 59.7 Å². The van der Waals surface area contributed by atoms with Crippen molar-refractivity contribution in [3.8, 4) is 0 Å². The molecule has 0 spiro atoms. The molecule has 0 radical (unpaired) electrons. The van der Waals surface area contributed by atoms with E-state index in [-0.39, 0.29) is 0 Å². The minimum atomic E-state index is -0.624. The van der Waals surface area contributed by atoms with Crippen LogP contribution < -0.4 is 15.5 Å². The Bertz CT molecular complexity index is 796. The summed E-state index contributed by atoms with van der Waals surface area (Å²) in [6.07, 6.45) is 5.35. The molecule has 5 heteroatoms. The Morgan fingerprint density at radius 3 is 2.36 bits per heavy atom. The third-order valence-corrected chi connectivity index (χ3v) is 5.21. The summed E-state index contributed by atoms with van der Waals surface area (Å²) in [5, 5.41) is 5.40. The first kappa shape index (κ1) is 19.9. The lowest BCUT2D eigenvalue weighted by Gasteiger charge is -2.28. The summed E-state index contributed by atoms with van der Waals surface area (Å²) in [5.41, 5.74) is 4.12. The van der Waals surface area contributed by atoms with Gasteiger partial charge in [0.15, 0.2) is 0 Å². The van der Waals surface area contributed by atoms with Gasteiger partial charge in [0.05, 0.1) is 0 Å². The number of nitrogens with zero attached hydrogens (tertiary/aromatic N) is 1. The van der Waals surface area contributed by atoms with Crippen molar-refractivity contribution in [2.45, 2.75) is 39.0 Å². The Kier molecular flexibility index (Phi) is 7.06. The van der Waals surface area contributed by atoms with Gasteiger partial charge in [0.1, 0.15) is 0 Å². The summed E-state index contributed by atoms with van der Waals surface area (Å²) < 4.78 is 0. The van der Waals surface area contributed by atoms with Crippen LogP contribution in [0.15, 0.2) is 48.5 Å². The molecule has 2 aromatic carbocycles. The van der Waals surface area contributed by atoms with E-state index in [4.69, 9.17) is 0 Å². The first-order chi connectivity index (χ1) is 13.7. The van der Waals surface area contributed by atoms with Crippen molar-refractivity contribution in [2.75, 3.05) is 29.9 Å². The van der Waals surface area contributed by atoms with Crippen LogP contribution in [0.2, 0.25) is 0 Å². The summed E-state index contributed by atoms with van der Waals surface area (Å²) in [6, 6.07) is 16.0. The van der Waals surface area contributed by atoms with Crippen LogP contribution in [0.5, 0.6) is 0 Å². The molecule has 0 aliphatic carbocycles. The lowest BCUT2D eigenvalue weighted by molar-refractivity contribution is -0.136. The molecule has 148 valence electrons. The van der Waals surface area contributed by atoms with Gasteiger partial charge in [-0.05, 0) is 61.4 Å². The number of amides is 2. The molecule has 28 heavy (non-hydrogen) atoms. The molecule has 0 saturated carbocycles. The zero-order valence-electron chi connectivity index (χ0n) is 16.5. The maximum absolute atomic E-state index is 12.1. The Labute approximate surface area is 167 Å². The molecule has 1 aliphatic rings. The Morgan fingerprint density at radius 1 is 0.929 bits per heavy atom. The predicted molar refractivity (Wildman–Crippen MR) is 114 cm³/mol. The van der Waals surface area contributed by atoms with E-state index < -0.39 is 11.8 Å². The first-order valence-corrected chi connectivity index (χ1v) is 10.2. The second kappa shape index (κ2) is 9.93. The molecular weight excluding hydrogens is 350 g/mol. The molecule has 3 rings (SSSR count). The highest BCUT2D eigenvalue weighted by molar-refractivity contribution is 6.39. The molecular formula is C23H29N3O2. The van der Waals surface area contributed by atoms with E-state index in [0.29, 0.717) is 18.7 Å². The molecule has 1 heterocycles. The van der Waals surface area contributed by atoms with Crippen LogP contribution in [0.1, 0.15) is 37.3 Å². The summed E-state index contributed by atoms with van der Waals surface area (Å²) >= 11 is 0. The van der Waals surface area contributed by atoms with E-state index in [1.54, 1.807) is 0 Å². The lowest BCUT2D eigenvalue weighted by Crippen LogP contribution is -2.36. The maximum atomic E-state index is 12.1. The smallest absolute Gasteiger partial charge is 0.313 e. The van der Waals surface area contributed by atoms with Gasteiger partial charge in [-0.25, -0.2) is 0 Å². The fourth-order valence-electron chi connectivity index (χ4n) is 3.56. The zero-order valence-corrected chi connectivity index (χ0v) is 16.5. The summed E-state index contributed by atoms with van der Waals surface area (Å²) in [4.78, 5) is 26.6. The number of nitrogens with one attached hydrogen (secondary N) is 2. The van der Waals surface area contributed by atoms with E-state index in [9.17, 15) is 9.59 Å². The Hall–Kier alpha value is -2.82. The first-order valence-electron chi connectivity index (χ1n) is 10.2. The van der Waals surface area contributed by atoms with Gasteiger partial charge in [-0.15, -0.1) is 0 Å². The molecule has 0 bridgehead atoms. The zero-order chi connectivity index (χ0) is 19.8. The number of anilines is 2. The van der Waals surface area contributed by atoms with Crippen LogP contribution in [-0.2, 0) is 22.4 Å². The van der Waals surface area contributed by atoms with Gasteiger partial charge in [0.25, 0.3) is 0 Å². The Morgan fingerprint density at radius 2 is 1.64 bits per heavy atom. The van der Waals surface area contributed by atoms with E-state index in [1.165, 1.54) is 24.9 Å². The van der Waals surface area contributed by atoms with E-state index >= 15 is 0 Å². The molecule has 0 unspecified atom stereocenters. The molecule has 2 N–H and O–H groups in total. The number of benzene rings is 2. The van der Waals surface area contributed by atoms with Gasteiger partial charge < -0.3 is 15.5 Å². The summed E-state index contributed by atoms with van der Waals surface area (Å²) in [7, 11) is 0. The van der Waals surface area contributed by atoms with Crippen molar-refractivity contribution >= 4 is 23.2 Å². The fourth-order valence-corrected chi connectivity index (χ4v) is 3.56. The standard InChI is InChI=1S/C23H29N3O2/c1-2-19-8-4-5-9-21(19)25-23(28)22(27)24-15-14-18-10-12-20(13-11-18)26-16-6-3-7-17-26/h4-5,8-13H,2-3,6-7,14-17H2,1H3,(H,24,27)(H,25,28). The molecule has 0 aromatic heterocycles. The van der Waals surface area contributed by atoms with E-state index in [1.807, 2.05) is 31.2 Å². The third kappa shape index (κ3) is 5.35.